The number of amides is 2. The summed E-state index contributed by atoms with van der Waals surface area (Å²) in [6.07, 6.45) is 0.0185. The molecule has 28 heavy (non-hydrogen) atoms. The van der Waals surface area contributed by atoms with Gasteiger partial charge in [0.15, 0.2) is 0 Å². The number of nitrogens with zero attached hydrogens (tertiary/aromatic N) is 1. The molecule has 2 aromatic rings. The first-order valence-corrected chi connectivity index (χ1v) is 9.71. The minimum Gasteiger partial charge on any atom is -0.352 e. The Bertz CT molecular complexity index is 858. The highest BCUT2D eigenvalue weighted by atomic mass is 35.5. The maximum Gasteiger partial charge on any atom is 0.242 e. The Balaban J connectivity index is 2.27. The summed E-state index contributed by atoms with van der Waals surface area (Å²) in [5.41, 5.74) is 1.00. The zero-order valence-electron chi connectivity index (χ0n) is 16.0. The molecule has 0 aliphatic heterocycles. The summed E-state index contributed by atoms with van der Waals surface area (Å²) in [5.74, 6) is -1.03. The lowest BCUT2D eigenvalue weighted by Crippen LogP contribution is -2.49. The number of hydrogen-bond donors (Lipinski definition) is 1. The van der Waals surface area contributed by atoms with Gasteiger partial charge in [-0.25, -0.2) is 4.39 Å². The van der Waals surface area contributed by atoms with Gasteiger partial charge in [-0.15, -0.1) is 0 Å². The first kappa shape index (κ1) is 22.2. The highest BCUT2D eigenvalue weighted by Gasteiger charge is 2.27. The van der Waals surface area contributed by atoms with E-state index in [2.05, 4.69) is 5.32 Å². The molecule has 0 heterocycles. The molecule has 0 saturated carbocycles. The van der Waals surface area contributed by atoms with Gasteiger partial charge in [0.2, 0.25) is 11.8 Å². The van der Waals surface area contributed by atoms with Crippen LogP contribution >= 0.6 is 23.2 Å². The molecule has 0 bridgehead atoms. The minimum absolute atomic E-state index is 0.0144. The maximum absolute atomic E-state index is 14.1. The van der Waals surface area contributed by atoms with Crippen molar-refractivity contribution in [1.82, 2.24) is 10.2 Å². The molecule has 2 aromatic carbocycles. The molecule has 7 heteroatoms. The summed E-state index contributed by atoms with van der Waals surface area (Å²) in [5, 5.41) is 3.53. The van der Waals surface area contributed by atoms with Crippen molar-refractivity contribution in [3.8, 4) is 0 Å². The van der Waals surface area contributed by atoms with Gasteiger partial charge in [-0.2, -0.15) is 0 Å². The lowest BCUT2D eigenvalue weighted by molar-refractivity contribution is -0.140. The molecule has 1 atom stereocenters. The highest BCUT2D eigenvalue weighted by molar-refractivity contribution is 6.42. The molecule has 1 N–H and O–H groups in total. The quantitative estimate of drug-likeness (QED) is 0.704. The van der Waals surface area contributed by atoms with E-state index in [4.69, 9.17) is 23.2 Å². The second-order valence-corrected chi connectivity index (χ2v) is 7.69. The van der Waals surface area contributed by atoms with Crippen LogP contribution in [-0.2, 0) is 22.6 Å². The lowest BCUT2D eigenvalue weighted by Gasteiger charge is -2.29. The number of halogens is 3. The Morgan fingerprint density at radius 3 is 2.36 bits per heavy atom. The van der Waals surface area contributed by atoms with E-state index >= 15 is 0 Å². The summed E-state index contributed by atoms with van der Waals surface area (Å²) in [4.78, 5) is 26.9. The van der Waals surface area contributed by atoms with Gasteiger partial charge in [0, 0.05) is 18.2 Å². The standard InChI is InChI=1S/C21H23Cl2FN2O2/c1-13(2)25-21(28)14(3)26(12-16-6-4-5-7-19(16)24)20(27)11-15-8-9-17(22)18(23)10-15/h4-10,13-14H,11-12H2,1-3H3,(H,25,28)/t14-/m0/s1. The molecule has 0 saturated heterocycles. The Labute approximate surface area is 174 Å². The maximum atomic E-state index is 14.1. The molecule has 0 fully saturated rings. The third-order valence-corrected chi connectivity index (χ3v) is 4.98. The Hall–Kier alpha value is -2.11. The van der Waals surface area contributed by atoms with Gasteiger partial charge in [0.1, 0.15) is 11.9 Å². The number of carbonyl (C=O) groups is 2. The molecule has 0 aliphatic rings. The zero-order chi connectivity index (χ0) is 20.8. The van der Waals surface area contributed by atoms with Crippen molar-refractivity contribution in [1.29, 1.82) is 0 Å². The number of carbonyl (C=O) groups excluding carboxylic acids is 2. The molecule has 0 aromatic heterocycles. The van der Waals surface area contributed by atoms with Gasteiger partial charge in [-0.3, -0.25) is 9.59 Å². The Kier molecular flexibility index (Phi) is 7.84. The van der Waals surface area contributed by atoms with Crippen LogP contribution in [0, 0.1) is 5.82 Å². The van der Waals surface area contributed by atoms with Crippen molar-refractivity contribution in [2.45, 2.75) is 45.8 Å². The van der Waals surface area contributed by atoms with Gasteiger partial charge in [0.25, 0.3) is 0 Å². The van der Waals surface area contributed by atoms with Gasteiger partial charge in [0.05, 0.1) is 16.5 Å². The summed E-state index contributed by atoms with van der Waals surface area (Å²) in [6, 6.07) is 10.3. The predicted octanol–water partition coefficient (Wildman–Crippen LogP) is 4.62. The lowest BCUT2D eigenvalue weighted by atomic mass is 10.1. The van der Waals surface area contributed by atoms with E-state index in [1.54, 1.807) is 43.3 Å². The molecule has 0 unspecified atom stereocenters. The Morgan fingerprint density at radius 2 is 1.75 bits per heavy atom. The SMILES string of the molecule is CC(C)NC(=O)[C@H](C)N(Cc1ccccc1F)C(=O)Cc1ccc(Cl)c(Cl)c1. The molecule has 4 nitrogen and oxygen atoms in total. The van der Waals surface area contributed by atoms with Crippen LogP contribution in [0.5, 0.6) is 0 Å². The van der Waals surface area contributed by atoms with E-state index in [-0.39, 0.29) is 30.8 Å². The van der Waals surface area contributed by atoms with Gasteiger partial charge in [-0.05, 0) is 44.5 Å². The fourth-order valence-corrected chi connectivity index (χ4v) is 3.04. The Morgan fingerprint density at radius 1 is 1.07 bits per heavy atom. The number of hydrogen-bond acceptors (Lipinski definition) is 2. The first-order chi connectivity index (χ1) is 13.2. The fraction of sp³-hybridized carbons (Fsp3) is 0.333. The second kappa shape index (κ2) is 9.89. The van der Waals surface area contributed by atoms with Crippen molar-refractivity contribution in [3.63, 3.8) is 0 Å². The van der Waals surface area contributed by atoms with Crippen LogP contribution in [-0.4, -0.2) is 28.8 Å². The normalized spacial score (nSPS) is 12.0. The van der Waals surface area contributed by atoms with E-state index in [0.717, 1.165) is 0 Å². The molecule has 0 spiro atoms. The largest absolute Gasteiger partial charge is 0.352 e. The second-order valence-electron chi connectivity index (χ2n) is 6.88. The summed E-state index contributed by atoms with van der Waals surface area (Å²) in [6.45, 7) is 5.29. The van der Waals surface area contributed by atoms with E-state index in [9.17, 15) is 14.0 Å². The summed E-state index contributed by atoms with van der Waals surface area (Å²) in [7, 11) is 0. The molecule has 0 aliphatic carbocycles. The number of rotatable bonds is 7. The minimum atomic E-state index is -0.766. The van der Waals surface area contributed by atoms with Crippen molar-refractivity contribution < 1.29 is 14.0 Å². The van der Waals surface area contributed by atoms with Crippen LogP contribution < -0.4 is 5.32 Å². The van der Waals surface area contributed by atoms with E-state index < -0.39 is 11.9 Å². The van der Waals surface area contributed by atoms with Crippen molar-refractivity contribution in [2.24, 2.45) is 0 Å². The smallest absolute Gasteiger partial charge is 0.242 e. The van der Waals surface area contributed by atoms with Crippen LogP contribution in [0.15, 0.2) is 42.5 Å². The summed E-state index contributed by atoms with van der Waals surface area (Å²) < 4.78 is 14.1. The average molecular weight is 425 g/mol. The predicted molar refractivity (Wildman–Crippen MR) is 110 cm³/mol. The van der Waals surface area contributed by atoms with Crippen LogP contribution in [0.1, 0.15) is 31.9 Å². The molecule has 2 amide bonds. The monoisotopic (exact) mass is 424 g/mol. The van der Waals surface area contributed by atoms with Crippen molar-refractivity contribution >= 4 is 35.0 Å². The van der Waals surface area contributed by atoms with Gasteiger partial charge < -0.3 is 10.2 Å². The van der Waals surface area contributed by atoms with E-state index in [0.29, 0.717) is 21.2 Å². The number of benzene rings is 2. The third kappa shape index (κ3) is 5.94. The zero-order valence-corrected chi connectivity index (χ0v) is 17.5. The fourth-order valence-electron chi connectivity index (χ4n) is 2.72. The molecule has 150 valence electrons. The molecular formula is C21H23Cl2FN2O2. The average Bonchev–Trinajstić information content (AvgIpc) is 2.63. The molecular weight excluding hydrogens is 402 g/mol. The first-order valence-electron chi connectivity index (χ1n) is 8.96. The van der Waals surface area contributed by atoms with Crippen LogP contribution in [0.2, 0.25) is 10.0 Å². The van der Waals surface area contributed by atoms with E-state index in [1.807, 2.05) is 13.8 Å². The van der Waals surface area contributed by atoms with Crippen LogP contribution in [0.25, 0.3) is 0 Å². The van der Waals surface area contributed by atoms with Crippen LogP contribution in [0.4, 0.5) is 4.39 Å². The van der Waals surface area contributed by atoms with E-state index in [1.165, 1.54) is 11.0 Å². The van der Waals surface area contributed by atoms with Gasteiger partial charge in [-0.1, -0.05) is 47.5 Å². The third-order valence-electron chi connectivity index (χ3n) is 4.24. The van der Waals surface area contributed by atoms with Crippen LogP contribution in [0.3, 0.4) is 0 Å². The highest BCUT2D eigenvalue weighted by Crippen LogP contribution is 2.23. The van der Waals surface area contributed by atoms with Crippen molar-refractivity contribution in [2.75, 3.05) is 0 Å². The molecule has 0 radical (unpaired) electrons. The summed E-state index contributed by atoms with van der Waals surface area (Å²) >= 11 is 12.0. The topological polar surface area (TPSA) is 49.4 Å². The number of nitrogens with one attached hydrogen (secondary N) is 1. The molecule has 2 rings (SSSR count). The van der Waals surface area contributed by atoms with Gasteiger partial charge >= 0.3 is 0 Å². The van der Waals surface area contributed by atoms with Crippen molar-refractivity contribution in [3.05, 3.63) is 69.5 Å².